The lowest BCUT2D eigenvalue weighted by Crippen LogP contribution is -2.20. The molecule has 8 heteroatoms. The number of para-hydroxylation sites is 1. The van der Waals surface area contributed by atoms with Gasteiger partial charge in [-0.15, -0.1) is 10.2 Å². The molecule has 2 N–H and O–H groups in total. The highest BCUT2D eigenvalue weighted by atomic mass is 19.1. The highest BCUT2D eigenvalue weighted by Crippen LogP contribution is 2.18. The minimum Gasteiger partial charge on any atom is -0.308 e. The molecule has 1 aromatic heterocycles. The van der Waals surface area contributed by atoms with Crippen molar-refractivity contribution in [2.75, 3.05) is 10.6 Å². The number of tetrazole rings is 1. The van der Waals surface area contributed by atoms with Crippen molar-refractivity contribution in [1.29, 1.82) is 0 Å². The Morgan fingerprint density at radius 3 is 2.62 bits per heavy atom. The summed E-state index contributed by atoms with van der Waals surface area (Å²) in [5.41, 5.74) is 1.49. The Balaban J connectivity index is 1.61. The highest BCUT2D eigenvalue weighted by Gasteiger charge is 2.08. The van der Waals surface area contributed by atoms with E-state index in [1.54, 1.807) is 41.2 Å². The van der Waals surface area contributed by atoms with Crippen molar-refractivity contribution in [3.63, 3.8) is 0 Å². The number of hydrogen-bond donors (Lipinski definition) is 2. The van der Waals surface area contributed by atoms with Gasteiger partial charge in [-0.2, -0.15) is 4.80 Å². The van der Waals surface area contributed by atoms with Gasteiger partial charge in [0.05, 0.1) is 12.2 Å². The third-order valence-corrected chi connectivity index (χ3v) is 3.69. The van der Waals surface area contributed by atoms with Gasteiger partial charge in [0.1, 0.15) is 5.82 Å². The molecule has 3 aromatic rings. The van der Waals surface area contributed by atoms with Gasteiger partial charge in [0.15, 0.2) is 0 Å². The van der Waals surface area contributed by atoms with E-state index in [9.17, 15) is 9.18 Å². The SMILES string of the molecule is CCCCn1nnc(-c2ccc(NC(=O)Nc3ccccc3F)cc2)n1. The fraction of sp³-hybridized carbons (Fsp3) is 0.222. The largest absolute Gasteiger partial charge is 0.323 e. The van der Waals surface area contributed by atoms with Crippen LogP contribution in [0.2, 0.25) is 0 Å². The molecule has 0 spiro atoms. The molecule has 3 rings (SSSR count). The summed E-state index contributed by atoms with van der Waals surface area (Å²) in [4.78, 5) is 13.5. The fourth-order valence-electron chi connectivity index (χ4n) is 2.30. The maximum absolute atomic E-state index is 13.5. The van der Waals surface area contributed by atoms with Crippen molar-refractivity contribution < 1.29 is 9.18 Å². The minimum absolute atomic E-state index is 0.120. The van der Waals surface area contributed by atoms with Gasteiger partial charge in [-0.25, -0.2) is 9.18 Å². The van der Waals surface area contributed by atoms with Crippen LogP contribution < -0.4 is 10.6 Å². The first kappa shape index (κ1) is 17.5. The molecule has 0 aliphatic rings. The molecule has 2 amide bonds. The Bertz CT molecular complexity index is 877. The highest BCUT2D eigenvalue weighted by molar-refractivity contribution is 5.99. The van der Waals surface area contributed by atoms with Crippen LogP contribution in [-0.2, 0) is 6.54 Å². The Labute approximate surface area is 150 Å². The number of nitrogens with one attached hydrogen (secondary N) is 2. The van der Waals surface area contributed by atoms with Crippen LogP contribution in [0.3, 0.4) is 0 Å². The molecular formula is C18H19FN6O. The first-order chi connectivity index (χ1) is 12.7. The van der Waals surface area contributed by atoms with E-state index in [2.05, 4.69) is 33.0 Å². The second kappa shape index (κ2) is 8.19. The molecule has 0 aliphatic carbocycles. The van der Waals surface area contributed by atoms with Crippen LogP contribution >= 0.6 is 0 Å². The predicted octanol–water partition coefficient (Wildman–Crippen LogP) is 3.92. The second-order valence-electron chi connectivity index (χ2n) is 5.70. The molecule has 0 bridgehead atoms. The number of nitrogens with zero attached hydrogens (tertiary/aromatic N) is 4. The molecule has 134 valence electrons. The van der Waals surface area contributed by atoms with Gasteiger partial charge in [0.2, 0.25) is 5.82 Å². The topological polar surface area (TPSA) is 84.7 Å². The Morgan fingerprint density at radius 2 is 1.88 bits per heavy atom. The number of benzene rings is 2. The van der Waals surface area contributed by atoms with Crippen molar-refractivity contribution in [3.8, 4) is 11.4 Å². The van der Waals surface area contributed by atoms with Crippen molar-refractivity contribution in [2.24, 2.45) is 0 Å². The zero-order chi connectivity index (χ0) is 18.4. The van der Waals surface area contributed by atoms with E-state index in [4.69, 9.17) is 0 Å². The average molecular weight is 354 g/mol. The number of aryl methyl sites for hydroxylation is 1. The third-order valence-electron chi connectivity index (χ3n) is 3.69. The predicted molar refractivity (Wildman–Crippen MR) is 97.2 cm³/mol. The molecule has 26 heavy (non-hydrogen) atoms. The van der Waals surface area contributed by atoms with E-state index in [0.29, 0.717) is 11.5 Å². The maximum Gasteiger partial charge on any atom is 0.323 e. The molecule has 0 atom stereocenters. The zero-order valence-corrected chi connectivity index (χ0v) is 14.3. The number of unbranched alkanes of at least 4 members (excludes halogenated alkanes) is 1. The van der Waals surface area contributed by atoms with E-state index in [1.165, 1.54) is 12.1 Å². The van der Waals surface area contributed by atoms with E-state index in [-0.39, 0.29) is 5.69 Å². The van der Waals surface area contributed by atoms with Crippen LogP contribution in [-0.4, -0.2) is 26.2 Å². The van der Waals surface area contributed by atoms with Crippen molar-refractivity contribution in [1.82, 2.24) is 20.2 Å². The standard InChI is InChI=1S/C18H19FN6O/c1-2-3-12-25-23-17(22-24-25)13-8-10-14(11-9-13)20-18(26)21-16-7-5-4-6-15(16)19/h4-11H,2-3,12H2,1H3,(H2,20,21,26). The molecule has 0 aliphatic heterocycles. The molecule has 7 nitrogen and oxygen atoms in total. The van der Waals surface area contributed by atoms with E-state index in [1.807, 2.05) is 0 Å². The van der Waals surface area contributed by atoms with Crippen LogP contribution in [0.4, 0.5) is 20.6 Å². The summed E-state index contributed by atoms with van der Waals surface area (Å²) in [5.74, 6) is 0.0405. The van der Waals surface area contributed by atoms with Gasteiger partial charge in [-0.05, 0) is 48.0 Å². The van der Waals surface area contributed by atoms with Crippen LogP contribution in [0.5, 0.6) is 0 Å². The summed E-state index contributed by atoms with van der Waals surface area (Å²) in [5, 5.41) is 17.5. The van der Waals surface area contributed by atoms with Crippen LogP contribution in [0.1, 0.15) is 19.8 Å². The third kappa shape index (κ3) is 4.41. The lowest BCUT2D eigenvalue weighted by Gasteiger charge is -2.08. The van der Waals surface area contributed by atoms with E-state index in [0.717, 1.165) is 24.9 Å². The Kier molecular flexibility index (Phi) is 5.52. The number of amides is 2. The number of anilines is 2. The lowest BCUT2D eigenvalue weighted by atomic mass is 10.2. The van der Waals surface area contributed by atoms with Crippen LogP contribution in [0, 0.1) is 5.82 Å². The summed E-state index contributed by atoms with van der Waals surface area (Å²) >= 11 is 0. The molecule has 0 saturated heterocycles. The number of aromatic nitrogens is 4. The molecular weight excluding hydrogens is 335 g/mol. The van der Waals surface area contributed by atoms with Gasteiger partial charge in [0, 0.05) is 11.3 Å². The average Bonchev–Trinajstić information content (AvgIpc) is 3.11. The fourth-order valence-corrected chi connectivity index (χ4v) is 2.30. The first-order valence-corrected chi connectivity index (χ1v) is 8.36. The summed E-state index contributed by atoms with van der Waals surface area (Å²) < 4.78 is 13.5. The lowest BCUT2D eigenvalue weighted by molar-refractivity contribution is 0.262. The first-order valence-electron chi connectivity index (χ1n) is 8.36. The van der Waals surface area contributed by atoms with Crippen LogP contribution in [0.15, 0.2) is 48.5 Å². The summed E-state index contributed by atoms with van der Waals surface area (Å²) in [6.45, 7) is 2.84. The zero-order valence-electron chi connectivity index (χ0n) is 14.3. The molecule has 1 heterocycles. The van der Waals surface area contributed by atoms with E-state index >= 15 is 0 Å². The Hall–Kier alpha value is -3.29. The van der Waals surface area contributed by atoms with Gasteiger partial charge in [-0.1, -0.05) is 25.5 Å². The van der Waals surface area contributed by atoms with Gasteiger partial charge < -0.3 is 10.6 Å². The number of halogens is 1. The van der Waals surface area contributed by atoms with Crippen LogP contribution in [0.25, 0.3) is 11.4 Å². The molecule has 0 fully saturated rings. The quantitative estimate of drug-likeness (QED) is 0.702. The van der Waals surface area contributed by atoms with E-state index < -0.39 is 11.8 Å². The molecule has 2 aromatic carbocycles. The summed E-state index contributed by atoms with van der Waals surface area (Å²) in [7, 11) is 0. The number of carbonyl (C=O) groups is 1. The van der Waals surface area contributed by atoms with Gasteiger partial charge in [0.25, 0.3) is 0 Å². The number of hydrogen-bond acceptors (Lipinski definition) is 4. The molecule has 0 saturated carbocycles. The number of carbonyl (C=O) groups excluding carboxylic acids is 1. The monoisotopic (exact) mass is 354 g/mol. The summed E-state index contributed by atoms with van der Waals surface area (Å²) in [6.07, 6.45) is 2.06. The van der Waals surface area contributed by atoms with Crippen molar-refractivity contribution in [2.45, 2.75) is 26.3 Å². The normalized spacial score (nSPS) is 10.5. The van der Waals surface area contributed by atoms with Crippen molar-refractivity contribution >= 4 is 17.4 Å². The molecule has 0 radical (unpaired) electrons. The van der Waals surface area contributed by atoms with Gasteiger partial charge >= 0.3 is 6.03 Å². The smallest absolute Gasteiger partial charge is 0.308 e. The van der Waals surface area contributed by atoms with Crippen molar-refractivity contribution in [3.05, 3.63) is 54.3 Å². The number of urea groups is 1. The number of rotatable bonds is 6. The maximum atomic E-state index is 13.5. The van der Waals surface area contributed by atoms with Gasteiger partial charge in [-0.3, -0.25) is 0 Å². The Morgan fingerprint density at radius 1 is 1.12 bits per heavy atom. The second-order valence-corrected chi connectivity index (χ2v) is 5.70. The minimum atomic E-state index is -0.522. The molecule has 0 unspecified atom stereocenters. The summed E-state index contributed by atoms with van der Waals surface area (Å²) in [6, 6.07) is 12.5.